The summed E-state index contributed by atoms with van der Waals surface area (Å²) < 4.78 is 0. The summed E-state index contributed by atoms with van der Waals surface area (Å²) in [6.45, 7) is 15.2. The van der Waals surface area contributed by atoms with Crippen molar-refractivity contribution in [3.63, 3.8) is 0 Å². The maximum Gasteiger partial charge on any atom is 0.00132 e. The van der Waals surface area contributed by atoms with Crippen LogP contribution in [0.15, 0.2) is 0 Å². The number of hydrogen-bond donors (Lipinski definition) is 0. The first-order valence-corrected chi connectivity index (χ1v) is 8.13. The second-order valence-electron chi connectivity index (χ2n) is 6.81. The Hall–Kier alpha value is -0.0800. The number of rotatable bonds is 4. The van der Waals surface area contributed by atoms with Crippen molar-refractivity contribution >= 4 is 0 Å². The second-order valence-corrected chi connectivity index (χ2v) is 6.81. The topological polar surface area (TPSA) is 6.48 Å². The van der Waals surface area contributed by atoms with Crippen LogP contribution in [0.25, 0.3) is 0 Å². The zero-order valence-corrected chi connectivity index (χ0v) is 12.7. The van der Waals surface area contributed by atoms with Gasteiger partial charge in [0.2, 0.25) is 0 Å². The molecule has 2 rings (SSSR count). The Morgan fingerprint density at radius 1 is 0.944 bits per heavy atom. The number of hydrogen-bond acceptors (Lipinski definition) is 2. The van der Waals surface area contributed by atoms with E-state index in [1.54, 1.807) is 0 Å². The molecular formula is C16H32N2. The van der Waals surface area contributed by atoms with Crippen molar-refractivity contribution < 1.29 is 0 Å². The van der Waals surface area contributed by atoms with Crippen molar-refractivity contribution in [2.24, 2.45) is 17.8 Å². The Morgan fingerprint density at radius 3 is 2.22 bits per heavy atom. The van der Waals surface area contributed by atoms with E-state index in [9.17, 15) is 0 Å². The molecule has 0 aromatic rings. The summed E-state index contributed by atoms with van der Waals surface area (Å²) in [5.74, 6) is 2.81. The van der Waals surface area contributed by atoms with Crippen LogP contribution in [-0.4, -0.2) is 49.1 Å². The molecule has 0 aromatic heterocycles. The molecule has 0 aromatic carbocycles. The fourth-order valence-electron chi connectivity index (χ4n) is 3.65. The Balaban J connectivity index is 1.73. The molecule has 0 N–H and O–H groups in total. The minimum absolute atomic E-state index is 0.893. The molecule has 0 radical (unpaired) electrons. The van der Waals surface area contributed by atoms with Crippen molar-refractivity contribution in [1.82, 2.24) is 9.80 Å². The molecule has 2 atom stereocenters. The normalized spacial score (nSPS) is 32.8. The Morgan fingerprint density at radius 2 is 1.61 bits per heavy atom. The fourth-order valence-corrected chi connectivity index (χ4v) is 3.65. The molecule has 0 aliphatic carbocycles. The first-order chi connectivity index (χ1) is 8.69. The molecule has 2 aliphatic rings. The number of piperidine rings is 2. The number of likely N-dealkylation sites (tertiary alicyclic amines) is 2. The van der Waals surface area contributed by atoms with Gasteiger partial charge in [-0.15, -0.1) is 0 Å². The van der Waals surface area contributed by atoms with Crippen LogP contribution >= 0.6 is 0 Å². The van der Waals surface area contributed by atoms with Crippen molar-refractivity contribution in [2.45, 2.75) is 46.5 Å². The molecule has 0 saturated carbocycles. The molecule has 2 saturated heterocycles. The van der Waals surface area contributed by atoms with E-state index in [1.807, 2.05) is 0 Å². The van der Waals surface area contributed by atoms with Gasteiger partial charge in [0.1, 0.15) is 0 Å². The lowest BCUT2D eigenvalue weighted by atomic mass is 9.85. The molecule has 2 unspecified atom stereocenters. The molecule has 0 spiro atoms. The maximum atomic E-state index is 2.73. The van der Waals surface area contributed by atoms with Crippen LogP contribution in [0.3, 0.4) is 0 Å². The lowest BCUT2D eigenvalue weighted by Crippen LogP contribution is -2.45. The molecular weight excluding hydrogens is 220 g/mol. The van der Waals surface area contributed by atoms with Gasteiger partial charge in [0.25, 0.3) is 0 Å². The van der Waals surface area contributed by atoms with Crippen LogP contribution < -0.4 is 0 Å². The maximum absolute atomic E-state index is 2.73. The van der Waals surface area contributed by atoms with E-state index in [0.717, 1.165) is 17.8 Å². The van der Waals surface area contributed by atoms with E-state index in [1.165, 1.54) is 65.0 Å². The number of nitrogens with zero attached hydrogens (tertiary/aromatic N) is 2. The third-order valence-corrected chi connectivity index (χ3v) is 5.08. The summed E-state index contributed by atoms with van der Waals surface area (Å²) in [7, 11) is 0. The molecule has 18 heavy (non-hydrogen) atoms. The van der Waals surface area contributed by atoms with Crippen LogP contribution in [0, 0.1) is 17.8 Å². The third-order valence-electron chi connectivity index (χ3n) is 5.08. The first kappa shape index (κ1) is 14.3. The van der Waals surface area contributed by atoms with Gasteiger partial charge in [0.15, 0.2) is 0 Å². The van der Waals surface area contributed by atoms with Crippen molar-refractivity contribution in [3.8, 4) is 0 Å². The van der Waals surface area contributed by atoms with Crippen LogP contribution in [0.5, 0.6) is 0 Å². The van der Waals surface area contributed by atoms with E-state index < -0.39 is 0 Å². The molecule has 2 heterocycles. The molecule has 0 bridgehead atoms. The Kier molecular flexibility index (Phi) is 5.50. The average molecular weight is 252 g/mol. The lowest BCUT2D eigenvalue weighted by Gasteiger charge is -2.40. The standard InChI is InChI=1S/C16H32N2/c1-4-8-17-11-7-16(15(3)12-17)13-18-9-5-14(2)6-10-18/h14-16H,4-13H2,1-3H3. The summed E-state index contributed by atoms with van der Waals surface area (Å²) in [6.07, 6.45) is 5.57. The molecule has 2 heteroatoms. The highest BCUT2D eigenvalue weighted by Gasteiger charge is 2.28. The van der Waals surface area contributed by atoms with Crippen LogP contribution in [-0.2, 0) is 0 Å². The Labute approximate surface area is 114 Å². The molecule has 2 aliphatic heterocycles. The SMILES string of the molecule is CCCN1CCC(CN2CCC(C)CC2)C(C)C1. The highest BCUT2D eigenvalue weighted by Crippen LogP contribution is 2.26. The van der Waals surface area contributed by atoms with Gasteiger partial charge in [-0.2, -0.15) is 0 Å². The van der Waals surface area contributed by atoms with Gasteiger partial charge in [-0.1, -0.05) is 20.8 Å². The Bertz CT molecular complexity index is 233. The minimum Gasteiger partial charge on any atom is -0.303 e. The van der Waals surface area contributed by atoms with E-state index in [2.05, 4.69) is 30.6 Å². The quantitative estimate of drug-likeness (QED) is 0.758. The van der Waals surface area contributed by atoms with Gasteiger partial charge in [-0.25, -0.2) is 0 Å². The lowest BCUT2D eigenvalue weighted by molar-refractivity contribution is 0.0831. The van der Waals surface area contributed by atoms with Gasteiger partial charge in [-0.05, 0) is 69.6 Å². The fraction of sp³-hybridized carbons (Fsp3) is 1.00. The van der Waals surface area contributed by atoms with Crippen LogP contribution in [0.4, 0.5) is 0 Å². The molecule has 0 amide bonds. The van der Waals surface area contributed by atoms with Crippen LogP contribution in [0.2, 0.25) is 0 Å². The monoisotopic (exact) mass is 252 g/mol. The average Bonchev–Trinajstić information content (AvgIpc) is 2.36. The zero-order valence-electron chi connectivity index (χ0n) is 12.7. The predicted octanol–water partition coefficient (Wildman–Crippen LogP) is 3.09. The summed E-state index contributed by atoms with van der Waals surface area (Å²) in [5.41, 5.74) is 0. The van der Waals surface area contributed by atoms with E-state index in [-0.39, 0.29) is 0 Å². The van der Waals surface area contributed by atoms with Gasteiger partial charge < -0.3 is 9.80 Å². The smallest absolute Gasteiger partial charge is 0.00132 e. The van der Waals surface area contributed by atoms with Gasteiger partial charge >= 0.3 is 0 Å². The molecule has 2 nitrogen and oxygen atoms in total. The van der Waals surface area contributed by atoms with Crippen molar-refractivity contribution in [1.29, 1.82) is 0 Å². The second kappa shape index (κ2) is 6.91. The van der Waals surface area contributed by atoms with Crippen molar-refractivity contribution in [2.75, 3.05) is 39.3 Å². The summed E-state index contributed by atoms with van der Waals surface area (Å²) in [4.78, 5) is 5.40. The summed E-state index contributed by atoms with van der Waals surface area (Å²) in [5, 5.41) is 0. The largest absolute Gasteiger partial charge is 0.303 e. The highest BCUT2D eigenvalue weighted by atomic mass is 15.2. The summed E-state index contributed by atoms with van der Waals surface area (Å²) >= 11 is 0. The van der Waals surface area contributed by atoms with E-state index in [4.69, 9.17) is 0 Å². The van der Waals surface area contributed by atoms with E-state index >= 15 is 0 Å². The van der Waals surface area contributed by atoms with E-state index in [0.29, 0.717) is 0 Å². The molecule has 2 fully saturated rings. The van der Waals surface area contributed by atoms with Gasteiger partial charge in [-0.3, -0.25) is 0 Å². The van der Waals surface area contributed by atoms with Gasteiger partial charge in [0, 0.05) is 13.1 Å². The minimum atomic E-state index is 0.893. The zero-order chi connectivity index (χ0) is 13.0. The summed E-state index contributed by atoms with van der Waals surface area (Å²) in [6, 6.07) is 0. The van der Waals surface area contributed by atoms with Crippen molar-refractivity contribution in [3.05, 3.63) is 0 Å². The first-order valence-electron chi connectivity index (χ1n) is 8.13. The predicted molar refractivity (Wildman–Crippen MR) is 78.8 cm³/mol. The van der Waals surface area contributed by atoms with Gasteiger partial charge in [0.05, 0.1) is 0 Å². The molecule has 106 valence electrons. The van der Waals surface area contributed by atoms with Crippen LogP contribution in [0.1, 0.15) is 46.5 Å². The third kappa shape index (κ3) is 3.96. The highest BCUT2D eigenvalue weighted by molar-refractivity contribution is 4.81.